The smallest absolute Gasteiger partial charge is 0.336 e. The van der Waals surface area contributed by atoms with Crippen molar-refractivity contribution >= 4 is 23.0 Å². The lowest BCUT2D eigenvalue weighted by Gasteiger charge is -2.02. The average Bonchev–Trinajstić information content (AvgIpc) is 2.08. The molecule has 1 rings (SSSR count). The second-order valence-electron chi connectivity index (χ2n) is 2.56. The van der Waals surface area contributed by atoms with Crippen molar-refractivity contribution in [1.29, 1.82) is 0 Å². The number of aromatic carboxylic acids is 1. The number of benzene rings is 1. The van der Waals surface area contributed by atoms with E-state index < -0.39 is 16.6 Å². The Bertz CT molecular complexity index is 416. The molecule has 0 aliphatic heterocycles. The van der Waals surface area contributed by atoms with Crippen molar-refractivity contribution in [3.8, 4) is 0 Å². The first-order chi connectivity index (χ1) is 6.43. The normalized spacial score (nSPS) is 9.71. The highest BCUT2D eigenvalue weighted by Crippen LogP contribution is 2.28. The number of hydrogen-bond donors (Lipinski definition) is 3. The number of nitrogen functional groups attached to an aromatic ring is 2. The molecule has 14 heavy (non-hydrogen) atoms. The molecule has 0 fully saturated rings. The van der Waals surface area contributed by atoms with Gasteiger partial charge in [-0.25, -0.2) is 4.79 Å². The first kappa shape index (κ1) is 9.78. The summed E-state index contributed by atoms with van der Waals surface area (Å²) in [6.45, 7) is 0. The molecule has 0 saturated heterocycles. The zero-order valence-electron chi connectivity index (χ0n) is 6.93. The van der Waals surface area contributed by atoms with Crippen molar-refractivity contribution in [2.24, 2.45) is 0 Å². The van der Waals surface area contributed by atoms with E-state index in [1.54, 1.807) is 0 Å². The van der Waals surface area contributed by atoms with Crippen LogP contribution in [-0.2, 0) is 0 Å². The van der Waals surface area contributed by atoms with E-state index in [0.717, 1.165) is 12.1 Å². The van der Waals surface area contributed by atoms with Gasteiger partial charge in [-0.3, -0.25) is 10.1 Å². The van der Waals surface area contributed by atoms with Crippen LogP contribution in [0.2, 0.25) is 0 Å². The number of nitro groups is 1. The maximum Gasteiger partial charge on any atom is 0.336 e. The van der Waals surface area contributed by atoms with Crippen molar-refractivity contribution in [1.82, 2.24) is 0 Å². The van der Waals surface area contributed by atoms with E-state index >= 15 is 0 Å². The fourth-order valence-corrected chi connectivity index (χ4v) is 0.934. The molecule has 0 atom stereocenters. The summed E-state index contributed by atoms with van der Waals surface area (Å²) >= 11 is 0. The van der Waals surface area contributed by atoms with Crippen molar-refractivity contribution in [3.05, 3.63) is 27.8 Å². The van der Waals surface area contributed by atoms with Gasteiger partial charge in [0.25, 0.3) is 5.69 Å². The van der Waals surface area contributed by atoms with Crippen molar-refractivity contribution < 1.29 is 14.8 Å². The van der Waals surface area contributed by atoms with Gasteiger partial charge in [0, 0.05) is 6.07 Å². The second kappa shape index (κ2) is 3.21. The van der Waals surface area contributed by atoms with E-state index in [2.05, 4.69) is 0 Å². The number of nitrogens with two attached hydrogens (primary N) is 2. The van der Waals surface area contributed by atoms with Crippen LogP contribution in [0.15, 0.2) is 12.1 Å². The molecule has 7 heteroatoms. The summed E-state index contributed by atoms with van der Waals surface area (Å²) < 4.78 is 0. The van der Waals surface area contributed by atoms with Crippen LogP contribution >= 0.6 is 0 Å². The monoisotopic (exact) mass is 197 g/mol. The summed E-state index contributed by atoms with van der Waals surface area (Å²) in [5.41, 5.74) is 9.50. The number of anilines is 2. The molecule has 5 N–H and O–H groups in total. The van der Waals surface area contributed by atoms with Gasteiger partial charge >= 0.3 is 5.97 Å². The number of carboxylic acids is 1. The second-order valence-corrected chi connectivity index (χ2v) is 2.56. The fourth-order valence-electron chi connectivity index (χ4n) is 0.934. The summed E-state index contributed by atoms with van der Waals surface area (Å²) in [5.74, 6) is -1.29. The lowest BCUT2D eigenvalue weighted by molar-refractivity contribution is -0.383. The van der Waals surface area contributed by atoms with Crippen molar-refractivity contribution in [3.63, 3.8) is 0 Å². The zero-order chi connectivity index (χ0) is 10.9. The molecular formula is C7H7N3O4. The molecule has 0 bridgehead atoms. The maximum absolute atomic E-state index is 10.5. The van der Waals surface area contributed by atoms with Crippen LogP contribution in [0.5, 0.6) is 0 Å². The van der Waals surface area contributed by atoms with E-state index in [1.165, 1.54) is 0 Å². The van der Waals surface area contributed by atoms with E-state index in [-0.39, 0.29) is 16.9 Å². The first-order valence-corrected chi connectivity index (χ1v) is 3.50. The van der Waals surface area contributed by atoms with Gasteiger partial charge in [0.2, 0.25) is 0 Å². The number of nitro benzene ring substituents is 1. The predicted octanol–water partition coefficient (Wildman–Crippen LogP) is 0.457. The lowest BCUT2D eigenvalue weighted by atomic mass is 10.1. The minimum atomic E-state index is -1.29. The van der Waals surface area contributed by atoms with Gasteiger partial charge in [-0.15, -0.1) is 0 Å². The van der Waals surface area contributed by atoms with Crippen LogP contribution in [0.1, 0.15) is 10.4 Å². The molecule has 0 aliphatic carbocycles. The highest BCUT2D eigenvalue weighted by atomic mass is 16.6. The van der Waals surface area contributed by atoms with Gasteiger partial charge in [-0.1, -0.05) is 0 Å². The third-order valence-electron chi connectivity index (χ3n) is 1.63. The summed E-state index contributed by atoms with van der Waals surface area (Å²) in [7, 11) is 0. The van der Waals surface area contributed by atoms with E-state index in [4.69, 9.17) is 16.6 Å². The van der Waals surface area contributed by atoms with Gasteiger partial charge in [-0.2, -0.15) is 0 Å². The number of rotatable bonds is 2. The topological polar surface area (TPSA) is 132 Å². The third kappa shape index (κ3) is 1.56. The summed E-state index contributed by atoms with van der Waals surface area (Å²) in [6.07, 6.45) is 0. The number of hydrogen-bond acceptors (Lipinski definition) is 5. The van der Waals surface area contributed by atoms with Crippen LogP contribution < -0.4 is 11.5 Å². The van der Waals surface area contributed by atoms with Gasteiger partial charge in [0.15, 0.2) is 0 Å². The Morgan fingerprint density at radius 3 is 2.43 bits per heavy atom. The third-order valence-corrected chi connectivity index (χ3v) is 1.63. The Morgan fingerprint density at radius 1 is 1.43 bits per heavy atom. The Hall–Kier alpha value is -2.31. The van der Waals surface area contributed by atoms with Crippen LogP contribution in [-0.4, -0.2) is 16.0 Å². The molecule has 0 saturated carbocycles. The first-order valence-electron chi connectivity index (χ1n) is 3.50. The van der Waals surface area contributed by atoms with Gasteiger partial charge in [0.1, 0.15) is 5.69 Å². The molecule has 1 aromatic rings. The molecular weight excluding hydrogens is 190 g/mol. The molecule has 0 heterocycles. The minimum Gasteiger partial charge on any atom is -0.478 e. The SMILES string of the molecule is Nc1cc(C(=O)O)cc([N+](=O)[O-])c1N. The Labute approximate surface area is 78.1 Å². The van der Waals surface area contributed by atoms with Gasteiger partial charge in [0.05, 0.1) is 16.2 Å². The predicted molar refractivity (Wildman–Crippen MR) is 48.9 cm³/mol. The van der Waals surface area contributed by atoms with E-state index in [9.17, 15) is 14.9 Å². The Morgan fingerprint density at radius 2 is 2.00 bits per heavy atom. The summed E-state index contributed by atoms with van der Waals surface area (Å²) in [6, 6.07) is 1.94. The Balaban J connectivity index is 3.43. The molecule has 1 aromatic carbocycles. The highest BCUT2D eigenvalue weighted by Gasteiger charge is 2.18. The number of carboxylic acid groups (broad SMARTS) is 1. The average molecular weight is 197 g/mol. The van der Waals surface area contributed by atoms with Crippen LogP contribution in [0.4, 0.5) is 17.1 Å². The summed E-state index contributed by atoms with van der Waals surface area (Å²) in [5, 5.41) is 19.0. The largest absolute Gasteiger partial charge is 0.478 e. The molecule has 0 aliphatic rings. The van der Waals surface area contributed by atoms with Crippen LogP contribution in [0.3, 0.4) is 0 Å². The van der Waals surface area contributed by atoms with E-state index in [0.29, 0.717) is 0 Å². The lowest BCUT2D eigenvalue weighted by Crippen LogP contribution is -2.05. The van der Waals surface area contributed by atoms with Gasteiger partial charge in [-0.05, 0) is 6.07 Å². The quantitative estimate of drug-likeness (QED) is 0.358. The standard InChI is InChI=1S/C7H7N3O4/c8-4-1-3(7(11)12)2-5(6(4)9)10(13)14/h1-2H,8-9H2,(H,11,12). The molecule has 74 valence electrons. The molecule has 7 nitrogen and oxygen atoms in total. The fraction of sp³-hybridized carbons (Fsp3) is 0. The van der Waals surface area contributed by atoms with Crippen molar-refractivity contribution in [2.45, 2.75) is 0 Å². The zero-order valence-corrected chi connectivity index (χ0v) is 6.93. The molecule has 0 amide bonds. The number of carbonyl (C=O) groups is 1. The van der Waals surface area contributed by atoms with Gasteiger partial charge < -0.3 is 16.6 Å². The molecule has 0 radical (unpaired) electrons. The molecule has 0 unspecified atom stereocenters. The van der Waals surface area contributed by atoms with Crippen LogP contribution in [0, 0.1) is 10.1 Å². The highest BCUT2D eigenvalue weighted by molar-refractivity contribution is 5.92. The summed E-state index contributed by atoms with van der Waals surface area (Å²) in [4.78, 5) is 20.2. The minimum absolute atomic E-state index is 0.114. The molecule has 0 spiro atoms. The Kier molecular flexibility index (Phi) is 2.24. The van der Waals surface area contributed by atoms with Crippen LogP contribution in [0.25, 0.3) is 0 Å². The molecule has 0 aromatic heterocycles. The van der Waals surface area contributed by atoms with Crippen molar-refractivity contribution in [2.75, 3.05) is 11.5 Å². The number of nitrogens with zero attached hydrogens (tertiary/aromatic N) is 1. The van der Waals surface area contributed by atoms with E-state index in [1.807, 2.05) is 0 Å². The maximum atomic E-state index is 10.5.